The number of aromatic amines is 1. The minimum atomic E-state index is -3.43. The maximum absolute atomic E-state index is 13.0. The zero-order valence-electron chi connectivity index (χ0n) is 21.5. The second-order valence-corrected chi connectivity index (χ2v) is 12.4. The standard InChI is InChI=1S/C29H27ClF2N2O5S/c1-2-19(28(35)36)26(17-9-11-18(12-10-17)40(37,38)15-16-7-8-16)27-33-23-13-21(22(30)14-24(23)34-27)20-5-3-4-6-25(20)39-29(31)32/h3-6,9-14,16,19,26,29H,2,7-8,15H2,1H3,(H,33,34)(H,35,36). The summed E-state index contributed by atoms with van der Waals surface area (Å²) in [6, 6.07) is 15.8. The molecule has 1 aliphatic carbocycles. The molecule has 1 saturated carbocycles. The highest BCUT2D eigenvalue weighted by Gasteiger charge is 2.33. The average molecular weight is 589 g/mol. The van der Waals surface area contributed by atoms with Gasteiger partial charge >= 0.3 is 12.6 Å². The predicted octanol–water partition coefficient (Wildman–Crippen LogP) is 6.91. The highest BCUT2D eigenvalue weighted by Crippen LogP contribution is 2.40. The number of sulfone groups is 1. The van der Waals surface area contributed by atoms with Crippen molar-refractivity contribution in [1.29, 1.82) is 0 Å². The van der Waals surface area contributed by atoms with Gasteiger partial charge in [0, 0.05) is 11.1 Å². The molecule has 2 atom stereocenters. The van der Waals surface area contributed by atoms with Gasteiger partial charge in [0.1, 0.15) is 11.6 Å². The van der Waals surface area contributed by atoms with Gasteiger partial charge in [-0.25, -0.2) is 13.4 Å². The van der Waals surface area contributed by atoms with Gasteiger partial charge in [-0.3, -0.25) is 4.79 Å². The van der Waals surface area contributed by atoms with Crippen molar-refractivity contribution in [2.24, 2.45) is 11.8 Å². The van der Waals surface area contributed by atoms with Crippen LogP contribution in [0.25, 0.3) is 22.2 Å². The number of nitrogens with one attached hydrogen (secondary N) is 1. The summed E-state index contributed by atoms with van der Waals surface area (Å²) in [6.07, 6.45) is 2.13. The molecule has 40 heavy (non-hydrogen) atoms. The lowest BCUT2D eigenvalue weighted by Crippen LogP contribution is -2.23. The Balaban J connectivity index is 1.56. The molecule has 5 rings (SSSR count). The molecule has 0 spiro atoms. The van der Waals surface area contributed by atoms with Gasteiger partial charge in [-0.05, 0) is 61.1 Å². The van der Waals surface area contributed by atoms with E-state index in [2.05, 4.69) is 9.72 Å². The lowest BCUT2D eigenvalue weighted by Gasteiger charge is -2.22. The smallest absolute Gasteiger partial charge is 0.387 e. The molecule has 0 bridgehead atoms. The Morgan fingerprint density at radius 2 is 1.82 bits per heavy atom. The van der Waals surface area contributed by atoms with Crippen LogP contribution in [0.1, 0.15) is 43.5 Å². The van der Waals surface area contributed by atoms with Gasteiger partial charge < -0.3 is 14.8 Å². The third-order valence-corrected chi connectivity index (χ3v) is 9.40. The van der Waals surface area contributed by atoms with Crippen molar-refractivity contribution in [3.05, 3.63) is 77.1 Å². The molecule has 1 heterocycles. The van der Waals surface area contributed by atoms with Crippen LogP contribution in [0.15, 0.2) is 65.6 Å². The first-order valence-corrected chi connectivity index (χ1v) is 14.9. The molecule has 210 valence electrons. The summed E-state index contributed by atoms with van der Waals surface area (Å²) >= 11 is 6.55. The van der Waals surface area contributed by atoms with Crippen LogP contribution in [-0.4, -0.2) is 41.8 Å². The molecule has 0 amide bonds. The number of hydrogen-bond donors (Lipinski definition) is 2. The second kappa shape index (κ2) is 11.2. The third kappa shape index (κ3) is 5.83. The van der Waals surface area contributed by atoms with E-state index in [4.69, 9.17) is 16.6 Å². The molecule has 2 unspecified atom stereocenters. The summed E-state index contributed by atoms with van der Waals surface area (Å²) < 4.78 is 56.1. The highest BCUT2D eigenvalue weighted by molar-refractivity contribution is 7.91. The van der Waals surface area contributed by atoms with Crippen molar-refractivity contribution in [2.75, 3.05) is 5.75 Å². The molecular formula is C29H27ClF2N2O5S. The van der Waals surface area contributed by atoms with E-state index in [9.17, 15) is 27.1 Å². The van der Waals surface area contributed by atoms with Gasteiger partial charge in [0.05, 0.1) is 38.5 Å². The molecule has 7 nitrogen and oxygen atoms in total. The number of rotatable bonds is 11. The number of ether oxygens (including phenoxy) is 1. The molecule has 2 N–H and O–H groups in total. The molecule has 0 aliphatic heterocycles. The molecule has 11 heteroatoms. The topological polar surface area (TPSA) is 109 Å². The summed E-state index contributed by atoms with van der Waals surface area (Å²) in [5, 5.41) is 10.3. The quantitative estimate of drug-likeness (QED) is 0.197. The van der Waals surface area contributed by atoms with Crippen molar-refractivity contribution in [3.63, 3.8) is 0 Å². The van der Waals surface area contributed by atoms with Crippen LogP contribution in [0.2, 0.25) is 5.02 Å². The van der Waals surface area contributed by atoms with E-state index >= 15 is 0 Å². The first-order valence-electron chi connectivity index (χ1n) is 12.9. The number of alkyl halides is 2. The Morgan fingerprint density at radius 3 is 2.45 bits per heavy atom. The van der Waals surface area contributed by atoms with E-state index in [-0.39, 0.29) is 27.3 Å². The van der Waals surface area contributed by atoms with Crippen molar-refractivity contribution >= 4 is 38.4 Å². The van der Waals surface area contributed by atoms with E-state index in [1.54, 1.807) is 49.4 Å². The van der Waals surface area contributed by atoms with Crippen molar-refractivity contribution in [3.8, 4) is 16.9 Å². The van der Waals surface area contributed by atoms with Gasteiger partial charge in [-0.1, -0.05) is 48.9 Å². The number of aromatic nitrogens is 2. The van der Waals surface area contributed by atoms with E-state index in [1.165, 1.54) is 18.2 Å². The van der Waals surface area contributed by atoms with E-state index in [0.29, 0.717) is 40.0 Å². The zero-order valence-corrected chi connectivity index (χ0v) is 23.1. The molecular weight excluding hydrogens is 562 g/mol. The van der Waals surface area contributed by atoms with Gasteiger partial charge in [0.15, 0.2) is 9.84 Å². The van der Waals surface area contributed by atoms with Crippen LogP contribution in [0.4, 0.5) is 8.78 Å². The number of hydrogen-bond acceptors (Lipinski definition) is 5. The largest absolute Gasteiger partial charge is 0.481 e. The van der Waals surface area contributed by atoms with Crippen LogP contribution < -0.4 is 4.74 Å². The fourth-order valence-electron chi connectivity index (χ4n) is 5.00. The van der Waals surface area contributed by atoms with Crippen LogP contribution in [0, 0.1) is 11.8 Å². The minimum absolute atomic E-state index is 0.0407. The Bertz CT molecular complexity index is 1650. The third-order valence-electron chi connectivity index (χ3n) is 7.19. The van der Waals surface area contributed by atoms with Crippen LogP contribution in [-0.2, 0) is 14.6 Å². The fourth-order valence-corrected chi connectivity index (χ4v) is 6.96. The number of fused-ring (bicyclic) bond motifs is 1. The maximum Gasteiger partial charge on any atom is 0.387 e. The van der Waals surface area contributed by atoms with Crippen molar-refractivity contribution in [2.45, 2.75) is 43.6 Å². The van der Waals surface area contributed by atoms with E-state index in [0.717, 1.165) is 12.8 Å². The summed E-state index contributed by atoms with van der Waals surface area (Å²) in [6.45, 7) is -1.25. The first-order chi connectivity index (χ1) is 19.1. The Labute approximate surface area is 235 Å². The summed E-state index contributed by atoms with van der Waals surface area (Å²) in [4.78, 5) is 20.4. The minimum Gasteiger partial charge on any atom is -0.481 e. The Kier molecular flexibility index (Phi) is 7.83. The predicted molar refractivity (Wildman–Crippen MR) is 148 cm³/mol. The molecule has 1 aliphatic rings. The number of benzene rings is 3. The molecule has 0 radical (unpaired) electrons. The number of para-hydroxylation sites is 1. The first kappa shape index (κ1) is 28.0. The van der Waals surface area contributed by atoms with Gasteiger partial charge in [-0.15, -0.1) is 0 Å². The van der Waals surface area contributed by atoms with Crippen LogP contribution >= 0.6 is 11.6 Å². The summed E-state index contributed by atoms with van der Waals surface area (Å²) in [5.41, 5.74) is 2.37. The molecule has 1 aromatic heterocycles. The normalized spacial score (nSPS) is 15.3. The van der Waals surface area contributed by atoms with E-state index in [1.807, 2.05) is 0 Å². The summed E-state index contributed by atoms with van der Waals surface area (Å²) in [5.74, 6) is -1.95. The van der Waals surface area contributed by atoms with Crippen molar-refractivity contribution < 1.29 is 31.8 Å². The molecule has 1 fully saturated rings. The van der Waals surface area contributed by atoms with E-state index < -0.39 is 34.3 Å². The van der Waals surface area contributed by atoms with Crippen molar-refractivity contribution in [1.82, 2.24) is 9.97 Å². The monoisotopic (exact) mass is 588 g/mol. The number of aliphatic carboxylic acids is 1. The lowest BCUT2D eigenvalue weighted by atomic mass is 9.83. The van der Waals surface area contributed by atoms with Gasteiger partial charge in [-0.2, -0.15) is 8.78 Å². The highest BCUT2D eigenvalue weighted by atomic mass is 35.5. The second-order valence-electron chi connectivity index (χ2n) is 9.97. The average Bonchev–Trinajstić information content (AvgIpc) is 3.62. The van der Waals surface area contributed by atoms with Gasteiger partial charge in [0.2, 0.25) is 0 Å². The molecule has 4 aromatic rings. The fraction of sp³-hybridized carbons (Fsp3) is 0.310. The Morgan fingerprint density at radius 1 is 1.12 bits per heavy atom. The number of halogens is 3. The zero-order chi connectivity index (χ0) is 28.6. The molecule has 3 aromatic carbocycles. The maximum atomic E-state index is 13.0. The van der Waals surface area contributed by atoms with Gasteiger partial charge in [0.25, 0.3) is 0 Å². The van der Waals surface area contributed by atoms with Crippen LogP contribution in [0.5, 0.6) is 5.75 Å². The number of nitrogens with zero attached hydrogens (tertiary/aromatic N) is 1. The van der Waals surface area contributed by atoms with Crippen LogP contribution in [0.3, 0.4) is 0 Å². The number of imidazole rings is 1. The number of H-pyrrole nitrogens is 1. The summed E-state index contributed by atoms with van der Waals surface area (Å²) in [7, 11) is -3.43. The Hall–Kier alpha value is -3.50. The lowest BCUT2D eigenvalue weighted by molar-refractivity contribution is -0.142. The number of carbonyl (C=O) groups is 1. The SMILES string of the molecule is CCC(C(=O)O)C(c1ccc(S(=O)(=O)CC2CC2)cc1)c1nc2cc(-c3ccccc3OC(F)F)c(Cl)cc2[nH]1. The molecule has 0 saturated heterocycles. The number of carboxylic acid groups (broad SMARTS) is 1. The number of carboxylic acids is 1.